The lowest BCUT2D eigenvalue weighted by Crippen LogP contribution is -2.36. The Kier molecular flexibility index (Phi) is 5.58. The van der Waals surface area contributed by atoms with Crippen LogP contribution in [0, 0.1) is 6.92 Å². The number of nitrogens with zero attached hydrogens (tertiary/aromatic N) is 4. The molecule has 1 fully saturated rings. The molecule has 1 aliphatic rings. The standard InChI is InChI=1S/C22H27N5O4S/c1-15-12-18-19(25-16-10-11-26(13-16)21(28)31-22(2,3)4)23-14-24-20(18)27(15)32(29,30)17-8-6-5-7-9-17/h5-9,12,14,16H,10-11,13H2,1-4H3,(H,23,24,25)/t16-/m1/s1. The van der Waals surface area contributed by atoms with Gasteiger partial charge >= 0.3 is 6.09 Å². The Bertz CT molecular complexity index is 1250. The van der Waals surface area contributed by atoms with E-state index in [9.17, 15) is 13.2 Å². The van der Waals surface area contributed by atoms with E-state index in [2.05, 4.69) is 15.3 Å². The van der Waals surface area contributed by atoms with Crippen molar-refractivity contribution in [1.29, 1.82) is 0 Å². The normalized spacial score (nSPS) is 17.0. The fraction of sp³-hybridized carbons (Fsp3) is 0.409. The second kappa shape index (κ2) is 8.09. The van der Waals surface area contributed by atoms with Crippen LogP contribution in [0.4, 0.5) is 10.6 Å². The molecule has 4 rings (SSSR count). The van der Waals surface area contributed by atoms with Gasteiger partial charge in [-0.2, -0.15) is 0 Å². The number of fused-ring (bicyclic) bond motifs is 1. The van der Waals surface area contributed by atoms with Gasteiger partial charge in [0.05, 0.1) is 10.3 Å². The Labute approximate surface area is 187 Å². The summed E-state index contributed by atoms with van der Waals surface area (Å²) in [5.41, 5.74) is 0.298. The molecule has 2 aromatic heterocycles. The molecule has 1 aromatic carbocycles. The summed E-state index contributed by atoms with van der Waals surface area (Å²) in [6, 6.07) is 9.99. The highest BCUT2D eigenvalue weighted by atomic mass is 32.2. The third-order valence-corrected chi connectivity index (χ3v) is 7.00. The summed E-state index contributed by atoms with van der Waals surface area (Å²) in [5, 5.41) is 3.97. The lowest BCUT2D eigenvalue weighted by Gasteiger charge is -2.24. The Morgan fingerprint density at radius 2 is 1.91 bits per heavy atom. The maximum absolute atomic E-state index is 13.2. The summed E-state index contributed by atoms with van der Waals surface area (Å²) >= 11 is 0. The fourth-order valence-electron chi connectivity index (χ4n) is 3.80. The van der Waals surface area contributed by atoms with E-state index >= 15 is 0 Å². The zero-order chi connectivity index (χ0) is 23.1. The number of hydrogen-bond donors (Lipinski definition) is 1. The molecule has 0 radical (unpaired) electrons. The third-order valence-electron chi connectivity index (χ3n) is 5.19. The number of carbonyl (C=O) groups is 1. The van der Waals surface area contributed by atoms with Gasteiger partial charge in [0.15, 0.2) is 5.65 Å². The van der Waals surface area contributed by atoms with Crippen LogP contribution in [-0.2, 0) is 14.8 Å². The molecule has 3 heterocycles. The van der Waals surface area contributed by atoms with E-state index in [0.717, 1.165) is 6.42 Å². The highest BCUT2D eigenvalue weighted by Crippen LogP contribution is 2.29. The molecule has 1 N–H and O–H groups in total. The molecule has 0 unspecified atom stereocenters. The summed E-state index contributed by atoms with van der Waals surface area (Å²) < 4.78 is 33.2. The largest absolute Gasteiger partial charge is 0.444 e. The average Bonchev–Trinajstić information content (AvgIpc) is 3.32. The van der Waals surface area contributed by atoms with Crippen molar-refractivity contribution in [3.05, 3.63) is 48.4 Å². The van der Waals surface area contributed by atoms with Crippen LogP contribution in [0.5, 0.6) is 0 Å². The Balaban J connectivity index is 1.60. The average molecular weight is 458 g/mol. The van der Waals surface area contributed by atoms with Crippen LogP contribution >= 0.6 is 0 Å². The van der Waals surface area contributed by atoms with Gasteiger partial charge in [-0.1, -0.05) is 18.2 Å². The van der Waals surface area contributed by atoms with Crippen molar-refractivity contribution in [2.75, 3.05) is 18.4 Å². The van der Waals surface area contributed by atoms with Gasteiger partial charge < -0.3 is 15.0 Å². The number of hydrogen-bond acceptors (Lipinski definition) is 7. The Morgan fingerprint density at radius 3 is 2.59 bits per heavy atom. The lowest BCUT2D eigenvalue weighted by molar-refractivity contribution is 0.0293. The summed E-state index contributed by atoms with van der Waals surface area (Å²) in [4.78, 5) is 22.8. The van der Waals surface area contributed by atoms with E-state index in [4.69, 9.17) is 4.74 Å². The number of carbonyl (C=O) groups excluding carboxylic acids is 1. The van der Waals surface area contributed by atoms with Crippen LogP contribution in [0.3, 0.4) is 0 Å². The maximum atomic E-state index is 13.2. The van der Waals surface area contributed by atoms with Crippen molar-refractivity contribution < 1.29 is 17.9 Å². The first-order valence-corrected chi connectivity index (χ1v) is 11.9. The third kappa shape index (κ3) is 4.27. The molecule has 3 aromatic rings. The van der Waals surface area contributed by atoms with Crippen molar-refractivity contribution in [1.82, 2.24) is 18.8 Å². The molecule has 0 saturated carbocycles. The minimum Gasteiger partial charge on any atom is -0.444 e. The molecular weight excluding hydrogens is 430 g/mol. The summed E-state index contributed by atoms with van der Waals surface area (Å²) in [5.74, 6) is 0.538. The smallest absolute Gasteiger partial charge is 0.410 e. The first kappa shape index (κ1) is 22.1. The zero-order valence-electron chi connectivity index (χ0n) is 18.6. The monoisotopic (exact) mass is 457 g/mol. The van der Waals surface area contributed by atoms with Crippen LogP contribution in [0.15, 0.2) is 47.6 Å². The van der Waals surface area contributed by atoms with E-state index in [1.807, 2.05) is 20.8 Å². The summed E-state index contributed by atoms with van der Waals surface area (Å²) in [6.07, 6.45) is 1.74. The molecule has 10 heteroatoms. The molecule has 0 bridgehead atoms. The minimum absolute atomic E-state index is 0.0324. The molecule has 0 spiro atoms. The SMILES string of the molecule is Cc1cc2c(N[C@@H]3CCN(C(=O)OC(C)(C)C)C3)ncnc2n1S(=O)(=O)c1ccccc1. The number of benzene rings is 1. The number of likely N-dealkylation sites (tertiary alicyclic amines) is 1. The number of amides is 1. The molecule has 0 aliphatic carbocycles. The number of aryl methyl sites for hydroxylation is 1. The van der Waals surface area contributed by atoms with Gasteiger partial charge in [-0.05, 0) is 52.3 Å². The Hall–Kier alpha value is -3.14. The highest BCUT2D eigenvalue weighted by Gasteiger charge is 2.31. The summed E-state index contributed by atoms with van der Waals surface area (Å²) in [6.45, 7) is 8.29. The molecular formula is C22H27N5O4S. The van der Waals surface area contributed by atoms with Gasteiger partial charge in [0.2, 0.25) is 0 Å². The molecule has 9 nitrogen and oxygen atoms in total. The van der Waals surface area contributed by atoms with Gasteiger partial charge in [0.25, 0.3) is 10.0 Å². The van der Waals surface area contributed by atoms with Crippen LogP contribution in [0.2, 0.25) is 0 Å². The number of ether oxygens (including phenoxy) is 1. The van der Waals surface area contributed by atoms with E-state index in [0.29, 0.717) is 35.6 Å². The molecule has 1 aliphatic heterocycles. The molecule has 1 atom stereocenters. The topological polar surface area (TPSA) is 106 Å². The van der Waals surface area contributed by atoms with Crippen LogP contribution < -0.4 is 5.32 Å². The lowest BCUT2D eigenvalue weighted by atomic mass is 10.2. The van der Waals surface area contributed by atoms with E-state index in [-0.39, 0.29) is 17.0 Å². The van der Waals surface area contributed by atoms with Gasteiger partial charge in [-0.3, -0.25) is 0 Å². The van der Waals surface area contributed by atoms with Gasteiger partial charge in [-0.15, -0.1) is 0 Å². The second-order valence-corrected chi connectivity index (χ2v) is 10.7. The number of aromatic nitrogens is 3. The highest BCUT2D eigenvalue weighted by molar-refractivity contribution is 7.90. The number of anilines is 1. The van der Waals surface area contributed by atoms with E-state index in [1.165, 1.54) is 10.3 Å². The van der Waals surface area contributed by atoms with Gasteiger partial charge in [0.1, 0.15) is 17.7 Å². The van der Waals surface area contributed by atoms with Crippen LogP contribution in [-0.4, -0.2) is 58.1 Å². The van der Waals surface area contributed by atoms with Crippen molar-refractivity contribution in [3.8, 4) is 0 Å². The maximum Gasteiger partial charge on any atom is 0.410 e. The number of rotatable bonds is 4. The van der Waals surface area contributed by atoms with Crippen LogP contribution in [0.1, 0.15) is 32.9 Å². The first-order chi connectivity index (χ1) is 15.1. The number of nitrogens with one attached hydrogen (secondary N) is 1. The first-order valence-electron chi connectivity index (χ1n) is 10.4. The molecule has 32 heavy (non-hydrogen) atoms. The summed E-state index contributed by atoms with van der Waals surface area (Å²) in [7, 11) is -3.81. The quantitative estimate of drug-likeness (QED) is 0.640. The van der Waals surface area contributed by atoms with Crippen molar-refractivity contribution >= 4 is 33.0 Å². The van der Waals surface area contributed by atoms with E-state index in [1.54, 1.807) is 48.2 Å². The Morgan fingerprint density at radius 1 is 1.19 bits per heavy atom. The van der Waals surface area contributed by atoms with Crippen molar-refractivity contribution in [2.45, 2.75) is 50.7 Å². The minimum atomic E-state index is -3.81. The second-order valence-electron chi connectivity index (χ2n) is 8.88. The predicted molar refractivity (Wildman–Crippen MR) is 121 cm³/mol. The van der Waals surface area contributed by atoms with Gasteiger partial charge in [0, 0.05) is 24.8 Å². The van der Waals surface area contributed by atoms with E-state index < -0.39 is 15.6 Å². The van der Waals surface area contributed by atoms with Gasteiger partial charge in [-0.25, -0.2) is 27.2 Å². The fourth-order valence-corrected chi connectivity index (χ4v) is 5.31. The van der Waals surface area contributed by atoms with Crippen LogP contribution in [0.25, 0.3) is 11.0 Å². The van der Waals surface area contributed by atoms with Crippen molar-refractivity contribution in [3.63, 3.8) is 0 Å². The molecule has 1 saturated heterocycles. The zero-order valence-corrected chi connectivity index (χ0v) is 19.4. The molecule has 170 valence electrons. The van der Waals surface area contributed by atoms with Crippen molar-refractivity contribution in [2.24, 2.45) is 0 Å². The predicted octanol–water partition coefficient (Wildman–Crippen LogP) is 3.40. The molecule has 1 amide bonds.